The van der Waals surface area contributed by atoms with Crippen molar-refractivity contribution in [2.45, 2.75) is 25.4 Å². The number of carbonyl (C=O) groups excluding carboxylic acids is 2. The summed E-state index contributed by atoms with van der Waals surface area (Å²) in [6, 6.07) is 10.4. The third kappa shape index (κ3) is 4.94. The van der Waals surface area contributed by atoms with Crippen LogP contribution in [-0.4, -0.2) is 41.8 Å². The topological polar surface area (TPSA) is 232 Å². The van der Waals surface area contributed by atoms with Crippen LogP contribution in [0.3, 0.4) is 0 Å². The van der Waals surface area contributed by atoms with E-state index >= 15 is 0 Å². The Morgan fingerprint density at radius 1 is 1.09 bits per heavy atom. The Morgan fingerprint density at radius 3 is 2.72 bits per heavy atom. The lowest BCUT2D eigenvalue weighted by molar-refractivity contribution is 0.0931. The molecule has 0 bridgehead atoms. The molecule has 0 saturated carbocycles. The van der Waals surface area contributed by atoms with Gasteiger partial charge in [-0.25, -0.2) is 14.2 Å². The number of hydrogen-bond donors (Lipinski definition) is 5. The highest BCUT2D eigenvalue weighted by Crippen LogP contribution is 2.33. The van der Waals surface area contributed by atoms with Crippen LogP contribution < -0.4 is 38.3 Å². The van der Waals surface area contributed by atoms with E-state index in [9.17, 15) is 28.4 Å². The smallest absolute Gasteiger partial charge is 0.394 e. The summed E-state index contributed by atoms with van der Waals surface area (Å²) in [5.74, 6) is -2.20. The van der Waals surface area contributed by atoms with Gasteiger partial charge in [-0.15, -0.1) is 5.10 Å². The molecule has 3 aromatic carbocycles. The minimum absolute atomic E-state index is 0.0253. The largest absolute Gasteiger partial charge is 0.439 e. The molecule has 2 amide bonds. The number of nitrogen functional groups attached to an aromatic ring is 1. The fourth-order valence-electron chi connectivity index (χ4n) is 5.32. The first-order valence-corrected chi connectivity index (χ1v) is 13.8. The second kappa shape index (κ2) is 10.9. The van der Waals surface area contributed by atoms with E-state index in [0.29, 0.717) is 29.8 Å². The Bertz CT molecular complexity index is 2330. The zero-order chi connectivity index (χ0) is 32.1. The van der Waals surface area contributed by atoms with Gasteiger partial charge in [-0.3, -0.25) is 28.7 Å². The third-order valence-electron chi connectivity index (χ3n) is 7.66. The van der Waals surface area contributed by atoms with Gasteiger partial charge < -0.3 is 21.7 Å². The molecule has 0 aliphatic heterocycles. The summed E-state index contributed by atoms with van der Waals surface area (Å²) in [4.78, 5) is 67.9. The number of aromatic amines is 1. The summed E-state index contributed by atoms with van der Waals surface area (Å²) >= 11 is 0. The van der Waals surface area contributed by atoms with Gasteiger partial charge in [0.25, 0.3) is 22.7 Å². The first-order chi connectivity index (χ1) is 22.2. The van der Waals surface area contributed by atoms with Crippen LogP contribution in [-0.2, 0) is 13.0 Å². The number of aryl methyl sites for hydroxylation is 1. The Morgan fingerprint density at radius 2 is 1.93 bits per heavy atom. The second-order valence-corrected chi connectivity index (χ2v) is 10.5. The van der Waals surface area contributed by atoms with Crippen LogP contribution in [0.15, 0.2) is 67.6 Å². The highest BCUT2D eigenvalue weighted by Gasteiger charge is 2.27. The first-order valence-electron chi connectivity index (χ1n) is 13.8. The highest BCUT2D eigenvalue weighted by molar-refractivity contribution is 5.98. The summed E-state index contributed by atoms with van der Waals surface area (Å²) < 4.78 is 20.2. The lowest BCUT2D eigenvalue weighted by Crippen LogP contribution is -2.36. The molecule has 6 N–H and O–H groups in total. The average molecular weight is 625 g/mol. The molecule has 1 atom stereocenters. The van der Waals surface area contributed by atoms with Crippen LogP contribution >= 0.6 is 0 Å². The van der Waals surface area contributed by atoms with Crippen LogP contribution in [0.25, 0.3) is 17.0 Å². The van der Waals surface area contributed by atoms with Crippen molar-refractivity contribution in [3.05, 3.63) is 114 Å². The zero-order valence-electron chi connectivity index (χ0n) is 23.5. The van der Waals surface area contributed by atoms with Crippen molar-refractivity contribution in [2.75, 3.05) is 11.1 Å². The van der Waals surface area contributed by atoms with E-state index in [1.807, 2.05) is 12.1 Å². The molecule has 17 heteroatoms. The minimum Gasteiger partial charge on any atom is -0.394 e. The van der Waals surface area contributed by atoms with Crippen LogP contribution in [0, 0.1) is 5.82 Å². The van der Waals surface area contributed by atoms with E-state index in [4.69, 9.17) is 5.73 Å². The number of carbonyl (C=O) groups is 2. The first kappa shape index (κ1) is 28.3. The second-order valence-electron chi connectivity index (χ2n) is 10.5. The molecule has 0 fully saturated rings. The monoisotopic (exact) mass is 624 g/mol. The number of nitrogens with two attached hydrogens (primary N) is 1. The summed E-state index contributed by atoms with van der Waals surface area (Å²) in [5.41, 5.74) is 6.33. The van der Waals surface area contributed by atoms with Crippen molar-refractivity contribution in [2.24, 2.45) is 0 Å². The number of amides is 2. The number of fused-ring (bicyclic) bond motifs is 2. The summed E-state index contributed by atoms with van der Waals surface area (Å²) in [7, 11) is 0. The number of benzene rings is 2. The molecule has 46 heavy (non-hydrogen) atoms. The van der Waals surface area contributed by atoms with Gasteiger partial charge in [-0.1, -0.05) is 28.6 Å². The predicted molar refractivity (Wildman–Crippen MR) is 158 cm³/mol. The van der Waals surface area contributed by atoms with E-state index < -0.39 is 34.2 Å². The molecule has 0 unspecified atom stereocenters. The molecular formula is C29H21FN10O6. The number of anilines is 3. The van der Waals surface area contributed by atoms with Gasteiger partial charge in [0.05, 0.1) is 17.9 Å². The number of nitrogens with zero attached hydrogens (tertiary/aromatic N) is 5. The van der Waals surface area contributed by atoms with Crippen LogP contribution in [0.4, 0.5) is 21.5 Å². The molecule has 0 saturated heterocycles. The molecule has 0 radical (unpaired) electrons. The summed E-state index contributed by atoms with van der Waals surface area (Å²) in [6.45, 7) is -0.0711. The maximum Gasteiger partial charge on any atom is 0.439 e. The van der Waals surface area contributed by atoms with Crippen LogP contribution in [0.5, 0.6) is 0 Å². The van der Waals surface area contributed by atoms with Crippen molar-refractivity contribution in [1.29, 1.82) is 0 Å². The maximum atomic E-state index is 14.4. The highest BCUT2D eigenvalue weighted by atomic mass is 19.1. The van der Waals surface area contributed by atoms with Gasteiger partial charge in [0, 0.05) is 18.2 Å². The molecule has 0 spiro atoms. The van der Waals surface area contributed by atoms with Crippen molar-refractivity contribution < 1.29 is 18.5 Å². The van der Waals surface area contributed by atoms with E-state index in [1.54, 1.807) is 6.07 Å². The fraction of sp³-hybridized carbons (Fsp3) is 0.138. The van der Waals surface area contributed by atoms with Crippen molar-refractivity contribution >= 4 is 34.5 Å². The standard InChI is InChI=1S/C29H21FN10O6/c30-16-5-1-12(7-18(16)35-23-22(31)24(41)25(23)42)10-32-28(44)20-9-19(34-21-11-33-39-40(20)21)27(43)36-17-6-3-13-8-14(2-4-15(13)17)26-37-29(45)46-38-26/h1-2,4-5,7-9,11,17,35H,3,6,10,31H2,(H,32,44)(H,36,43)(H,37,38,45)/t17-/m0/s1. The van der Waals surface area contributed by atoms with Crippen LogP contribution in [0.2, 0.25) is 0 Å². The Kier molecular flexibility index (Phi) is 6.69. The molecule has 230 valence electrons. The quantitative estimate of drug-likeness (QED) is 0.149. The molecule has 1 aliphatic carbocycles. The summed E-state index contributed by atoms with van der Waals surface area (Å²) in [6.07, 6.45) is 2.59. The zero-order valence-corrected chi connectivity index (χ0v) is 23.5. The van der Waals surface area contributed by atoms with Gasteiger partial charge in [-0.05, 0) is 47.7 Å². The third-order valence-corrected chi connectivity index (χ3v) is 7.66. The Hall–Kier alpha value is -6.52. The summed E-state index contributed by atoms with van der Waals surface area (Å²) in [5, 5.41) is 19.6. The Labute approximate surface area is 255 Å². The number of halogens is 1. The molecule has 7 rings (SSSR count). The number of hydrogen-bond acceptors (Lipinski definition) is 12. The van der Waals surface area contributed by atoms with E-state index in [0.717, 1.165) is 17.2 Å². The number of rotatable bonds is 8. The Balaban J connectivity index is 1.07. The molecule has 6 aromatic rings. The minimum atomic E-state index is -0.849. The van der Waals surface area contributed by atoms with Crippen LogP contribution in [0.1, 0.15) is 50.1 Å². The van der Waals surface area contributed by atoms with E-state index in [1.165, 1.54) is 28.9 Å². The van der Waals surface area contributed by atoms with Crippen molar-refractivity contribution in [3.63, 3.8) is 0 Å². The number of aromatic nitrogens is 6. The molecule has 3 heterocycles. The van der Waals surface area contributed by atoms with Gasteiger partial charge in [0.15, 0.2) is 11.5 Å². The lowest BCUT2D eigenvalue weighted by Gasteiger charge is -2.15. The van der Waals surface area contributed by atoms with Crippen molar-refractivity contribution in [1.82, 2.24) is 40.6 Å². The number of nitrogens with one attached hydrogen (secondary N) is 4. The van der Waals surface area contributed by atoms with Gasteiger partial charge in [0.1, 0.15) is 28.6 Å². The maximum absolute atomic E-state index is 14.4. The van der Waals surface area contributed by atoms with Crippen molar-refractivity contribution in [3.8, 4) is 11.4 Å². The molecule has 3 aromatic heterocycles. The average Bonchev–Trinajstić information content (AvgIpc) is 3.82. The fourth-order valence-corrected chi connectivity index (χ4v) is 5.32. The van der Waals surface area contributed by atoms with Gasteiger partial charge in [0.2, 0.25) is 0 Å². The molecule has 16 nitrogen and oxygen atoms in total. The number of H-pyrrole nitrogens is 1. The van der Waals surface area contributed by atoms with E-state index in [-0.39, 0.29) is 46.7 Å². The van der Waals surface area contributed by atoms with Gasteiger partial charge >= 0.3 is 5.76 Å². The lowest BCUT2D eigenvalue weighted by atomic mass is 10.0. The molecule has 1 aliphatic rings. The predicted octanol–water partition coefficient (Wildman–Crippen LogP) is 0.876. The normalized spacial score (nSPS) is 14.0. The SMILES string of the molecule is Nc1c(Nc2cc(CNC(=O)c3cc(C(=O)N[C@H]4CCc5cc(-c6noc(=O)[nH]6)ccc54)nc4cnnn34)ccc2F)c(=O)c1=O. The van der Waals surface area contributed by atoms with E-state index in [2.05, 4.69) is 45.9 Å². The molecular weight excluding hydrogens is 603 g/mol. The van der Waals surface area contributed by atoms with Gasteiger partial charge in [-0.2, -0.15) is 4.52 Å².